The molecule has 7 nitrogen and oxygen atoms in total. The molecule has 2 heterocycles. The number of aryl methyl sites for hydroxylation is 1. The number of hydrogen-bond acceptors (Lipinski definition) is 7. The highest BCUT2D eigenvalue weighted by Crippen LogP contribution is 2.29. The second-order valence-corrected chi connectivity index (χ2v) is 8.22. The number of aromatic nitrogens is 2. The highest BCUT2D eigenvalue weighted by atomic mass is 32.2. The molecule has 0 aliphatic carbocycles. The van der Waals surface area contributed by atoms with Crippen molar-refractivity contribution in [1.29, 1.82) is 0 Å². The van der Waals surface area contributed by atoms with E-state index in [1.165, 1.54) is 6.20 Å². The number of carbonyl (C=O) groups excluding carboxylic acids is 2. The van der Waals surface area contributed by atoms with E-state index in [0.29, 0.717) is 27.3 Å². The monoisotopic (exact) mass is 443 g/mol. The quantitative estimate of drug-likeness (QED) is 0.229. The van der Waals surface area contributed by atoms with Crippen molar-refractivity contribution in [3.05, 3.63) is 76.1 Å². The largest absolute Gasteiger partial charge is 0.618 e. The van der Waals surface area contributed by atoms with Crippen molar-refractivity contribution in [2.75, 3.05) is 17.3 Å². The molecule has 0 spiro atoms. The Balaban J connectivity index is 1.85. The van der Waals surface area contributed by atoms with Crippen LogP contribution in [-0.2, 0) is 16.1 Å². The Morgan fingerprint density at radius 1 is 1.20 bits per heavy atom. The summed E-state index contributed by atoms with van der Waals surface area (Å²) in [7, 11) is 0. The molecule has 9 heteroatoms. The maximum atomic E-state index is 13.1. The van der Waals surface area contributed by atoms with Crippen molar-refractivity contribution in [3.63, 3.8) is 0 Å². The number of esters is 1. The lowest BCUT2D eigenvalue weighted by Crippen LogP contribution is -2.33. The first kappa shape index (κ1) is 21.8. The lowest BCUT2D eigenvalue weighted by molar-refractivity contribution is -0.645. The maximum absolute atomic E-state index is 13.1. The highest BCUT2D eigenvalue weighted by molar-refractivity contribution is 7.99. The third kappa shape index (κ3) is 5.37. The van der Waals surface area contributed by atoms with Crippen molar-refractivity contribution < 1.29 is 19.1 Å². The first-order chi connectivity index (χ1) is 14.5. The lowest BCUT2D eigenvalue weighted by Gasteiger charge is -2.19. The molecule has 0 aliphatic rings. The van der Waals surface area contributed by atoms with Gasteiger partial charge >= 0.3 is 5.97 Å². The minimum atomic E-state index is -0.447. The van der Waals surface area contributed by atoms with Gasteiger partial charge in [0.2, 0.25) is 5.91 Å². The first-order valence-electron chi connectivity index (χ1n) is 9.29. The first-order valence-corrected chi connectivity index (χ1v) is 11.1. The van der Waals surface area contributed by atoms with E-state index in [1.807, 2.05) is 30.3 Å². The molecule has 0 fully saturated rings. The molecular weight excluding hydrogens is 422 g/mol. The number of benzene rings is 1. The number of nitrogens with zero attached hydrogens (tertiary/aromatic N) is 3. The molecule has 0 unspecified atom stereocenters. The molecule has 3 rings (SSSR count). The molecule has 0 aliphatic heterocycles. The summed E-state index contributed by atoms with van der Waals surface area (Å²) in [4.78, 5) is 31.6. The Kier molecular flexibility index (Phi) is 7.42. The number of carbonyl (C=O) groups is 2. The van der Waals surface area contributed by atoms with Crippen LogP contribution in [0, 0.1) is 12.1 Å². The summed E-state index contributed by atoms with van der Waals surface area (Å²) in [5.41, 5.74) is 1.45. The van der Waals surface area contributed by atoms with Crippen LogP contribution in [0.4, 0.5) is 5.13 Å². The number of thiazole rings is 1. The van der Waals surface area contributed by atoms with E-state index < -0.39 is 5.97 Å². The molecule has 3 aromatic rings. The van der Waals surface area contributed by atoms with Gasteiger partial charge in [0, 0.05) is 12.1 Å². The molecule has 0 radical (unpaired) electrons. The molecule has 1 aromatic carbocycles. The third-order valence-corrected chi connectivity index (χ3v) is 6.26. The van der Waals surface area contributed by atoms with E-state index in [2.05, 4.69) is 4.98 Å². The van der Waals surface area contributed by atoms with Crippen LogP contribution >= 0.6 is 23.1 Å². The summed E-state index contributed by atoms with van der Waals surface area (Å²) in [5, 5.41) is 12.7. The van der Waals surface area contributed by atoms with Gasteiger partial charge in [-0.15, -0.1) is 0 Å². The Bertz CT molecular complexity index is 1020. The Morgan fingerprint density at radius 3 is 2.63 bits per heavy atom. The summed E-state index contributed by atoms with van der Waals surface area (Å²) in [6.45, 7) is 4.03. The fourth-order valence-corrected chi connectivity index (χ4v) is 4.42. The molecule has 0 saturated heterocycles. The van der Waals surface area contributed by atoms with Crippen LogP contribution in [0.5, 0.6) is 0 Å². The van der Waals surface area contributed by atoms with Gasteiger partial charge in [0.25, 0.3) is 5.03 Å². The molecule has 156 valence electrons. The molecule has 0 bridgehead atoms. The molecular formula is C21H21N3O4S2. The fraction of sp³-hybridized carbons (Fsp3) is 0.238. The van der Waals surface area contributed by atoms with Crippen LogP contribution in [-0.4, -0.2) is 29.2 Å². The van der Waals surface area contributed by atoms with E-state index in [4.69, 9.17) is 4.74 Å². The van der Waals surface area contributed by atoms with Crippen molar-refractivity contribution in [2.24, 2.45) is 0 Å². The smallest absolute Gasteiger partial charge is 0.350 e. The SMILES string of the molecule is CCOC(=O)c1sc(N(Cc2ccccc2)C(=O)CSc2cccc[n+]2[O-])nc1C. The van der Waals surface area contributed by atoms with Gasteiger partial charge in [0.1, 0.15) is 4.88 Å². The summed E-state index contributed by atoms with van der Waals surface area (Å²) in [6, 6.07) is 14.6. The summed E-state index contributed by atoms with van der Waals surface area (Å²) in [5.74, 6) is -0.597. The minimum absolute atomic E-state index is 0.0620. The zero-order valence-electron chi connectivity index (χ0n) is 16.6. The predicted octanol–water partition coefficient (Wildman–Crippen LogP) is 3.59. The number of rotatable bonds is 8. The summed E-state index contributed by atoms with van der Waals surface area (Å²) >= 11 is 2.29. The number of ether oxygens (including phenoxy) is 1. The number of pyridine rings is 1. The number of thioether (sulfide) groups is 1. The number of hydrogen-bond donors (Lipinski definition) is 0. The average Bonchev–Trinajstić information content (AvgIpc) is 3.13. The Labute approximate surface area is 182 Å². The predicted molar refractivity (Wildman–Crippen MR) is 117 cm³/mol. The molecule has 0 saturated carbocycles. The Morgan fingerprint density at radius 2 is 1.93 bits per heavy atom. The van der Waals surface area contributed by atoms with E-state index in [0.717, 1.165) is 33.4 Å². The van der Waals surface area contributed by atoms with Gasteiger partial charge in [0.05, 0.1) is 24.6 Å². The van der Waals surface area contributed by atoms with Crippen LogP contribution in [0.25, 0.3) is 0 Å². The maximum Gasteiger partial charge on any atom is 0.350 e. The van der Waals surface area contributed by atoms with Crippen molar-refractivity contribution in [2.45, 2.75) is 25.4 Å². The normalized spacial score (nSPS) is 10.6. The van der Waals surface area contributed by atoms with Crippen LogP contribution in [0.15, 0.2) is 59.8 Å². The van der Waals surface area contributed by atoms with Gasteiger partial charge in [-0.05, 0) is 37.2 Å². The topological polar surface area (TPSA) is 86.4 Å². The second-order valence-electron chi connectivity index (χ2n) is 6.25. The third-order valence-electron chi connectivity index (χ3n) is 4.09. The fourth-order valence-electron chi connectivity index (χ4n) is 2.65. The van der Waals surface area contributed by atoms with Crippen molar-refractivity contribution in [3.8, 4) is 0 Å². The minimum Gasteiger partial charge on any atom is -0.618 e. The summed E-state index contributed by atoms with van der Waals surface area (Å²) < 4.78 is 5.81. The molecule has 2 aromatic heterocycles. The second kappa shape index (κ2) is 10.2. The van der Waals surface area contributed by atoms with Crippen LogP contribution in [0.2, 0.25) is 0 Å². The van der Waals surface area contributed by atoms with Crippen LogP contribution in [0.3, 0.4) is 0 Å². The van der Waals surface area contributed by atoms with Gasteiger partial charge in [-0.25, -0.2) is 9.78 Å². The van der Waals surface area contributed by atoms with Crippen molar-refractivity contribution in [1.82, 2.24) is 4.98 Å². The lowest BCUT2D eigenvalue weighted by atomic mass is 10.2. The number of anilines is 1. The standard InChI is InChI=1S/C21H21N3O4S2/c1-3-28-20(26)19-15(2)22-21(30-19)23(13-16-9-5-4-6-10-16)17(25)14-29-18-11-7-8-12-24(18)27/h4-12H,3,13-14H2,1-2H3. The zero-order chi connectivity index (χ0) is 21.5. The van der Waals surface area contributed by atoms with Crippen LogP contribution < -0.4 is 9.63 Å². The van der Waals surface area contributed by atoms with Gasteiger partial charge in [0.15, 0.2) is 11.3 Å². The van der Waals surface area contributed by atoms with E-state index in [-0.39, 0.29) is 18.3 Å². The van der Waals surface area contributed by atoms with Gasteiger partial charge < -0.3 is 9.94 Å². The molecule has 1 amide bonds. The molecule has 30 heavy (non-hydrogen) atoms. The van der Waals surface area contributed by atoms with Crippen LogP contribution in [0.1, 0.15) is 27.9 Å². The zero-order valence-corrected chi connectivity index (χ0v) is 18.2. The molecule has 0 atom stereocenters. The number of amides is 1. The van der Waals surface area contributed by atoms with E-state index in [9.17, 15) is 14.8 Å². The van der Waals surface area contributed by atoms with Gasteiger partial charge in [-0.1, -0.05) is 41.7 Å². The highest BCUT2D eigenvalue weighted by Gasteiger charge is 2.25. The van der Waals surface area contributed by atoms with E-state index in [1.54, 1.807) is 36.9 Å². The average molecular weight is 444 g/mol. The molecule has 0 N–H and O–H groups in total. The van der Waals surface area contributed by atoms with Gasteiger partial charge in [-0.3, -0.25) is 9.69 Å². The van der Waals surface area contributed by atoms with E-state index >= 15 is 0 Å². The Hall–Kier alpha value is -2.91. The van der Waals surface area contributed by atoms with Crippen molar-refractivity contribution >= 4 is 40.1 Å². The summed E-state index contributed by atoms with van der Waals surface area (Å²) in [6.07, 6.45) is 1.39. The van der Waals surface area contributed by atoms with Gasteiger partial charge in [-0.2, -0.15) is 4.73 Å².